The van der Waals surface area contributed by atoms with Gasteiger partial charge in [-0.1, -0.05) is 6.07 Å². The molecule has 0 aliphatic carbocycles. The van der Waals surface area contributed by atoms with E-state index in [4.69, 9.17) is 24.4 Å². The van der Waals surface area contributed by atoms with E-state index in [1.807, 2.05) is 29.7 Å². The number of benzene rings is 1. The number of likely N-dealkylation sites (N-methyl/N-ethyl adjacent to an activating group) is 1. The quantitative estimate of drug-likeness (QED) is 0.394. The lowest BCUT2D eigenvalue weighted by atomic mass is 10.0. The van der Waals surface area contributed by atoms with Gasteiger partial charge in [0, 0.05) is 45.7 Å². The maximum absolute atomic E-state index is 6.54. The van der Waals surface area contributed by atoms with Crippen molar-refractivity contribution in [1.29, 1.82) is 0 Å². The first kappa shape index (κ1) is 27.2. The third-order valence-corrected chi connectivity index (χ3v) is 8.53. The normalized spacial score (nSPS) is 24.1. The van der Waals surface area contributed by atoms with Gasteiger partial charge < -0.3 is 19.5 Å². The van der Waals surface area contributed by atoms with E-state index in [9.17, 15) is 0 Å². The Morgan fingerprint density at radius 3 is 2.76 bits per heavy atom. The van der Waals surface area contributed by atoms with Gasteiger partial charge in [0.1, 0.15) is 12.2 Å². The van der Waals surface area contributed by atoms with Crippen molar-refractivity contribution in [3.8, 4) is 22.9 Å². The van der Waals surface area contributed by atoms with Gasteiger partial charge in [-0.3, -0.25) is 9.58 Å². The van der Waals surface area contributed by atoms with Crippen LogP contribution in [-0.2, 0) is 25.4 Å². The molecular formula is C31H40N8O3. The molecule has 7 rings (SSSR count). The molecule has 0 saturated carbocycles. The minimum atomic E-state index is -0.0747. The fourth-order valence-corrected chi connectivity index (χ4v) is 6.38. The highest BCUT2D eigenvalue weighted by molar-refractivity contribution is 5.93. The molecule has 1 unspecified atom stereocenters. The highest BCUT2D eigenvalue weighted by atomic mass is 16.5. The Bertz CT molecular complexity index is 1610. The standard InChI is InChI=1S/C31H40N8O3/c1-20-18-36(2)19-28-23(30(35-37(28)3)42-22-12-13-32-16-22)9-10-26-24-15-21(25-17-33-38(4)31(25)41-20)8-11-27(24)39(34-26)29-7-5-6-14-40-29/h8-11,15,17,20,22,29,32H,5-7,12-14,16,18-19H2,1-4H3/b10-9-/t20-,22-,29?/m0/s1. The molecule has 42 heavy (non-hydrogen) atoms. The number of aromatic nitrogens is 6. The van der Waals surface area contributed by atoms with Gasteiger partial charge in [-0.15, -0.1) is 5.10 Å². The Morgan fingerprint density at radius 1 is 1.05 bits per heavy atom. The van der Waals surface area contributed by atoms with Crippen molar-refractivity contribution in [1.82, 2.24) is 39.6 Å². The Kier molecular flexibility index (Phi) is 7.25. The second-order valence-electron chi connectivity index (χ2n) is 11.9. The summed E-state index contributed by atoms with van der Waals surface area (Å²) in [4.78, 5) is 2.27. The molecule has 0 radical (unpaired) electrons. The molecule has 0 spiro atoms. The molecule has 3 aliphatic rings. The Hall–Kier alpha value is -3.67. The average molecular weight is 573 g/mol. The van der Waals surface area contributed by atoms with E-state index in [-0.39, 0.29) is 18.4 Å². The number of rotatable bonds is 3. The lowest BCUT2D eigenvalue weighted by Gasteiger charge is -2.23. The van der Waals surface area contributed by atoms with Crippen LogP contribution in [0.15, 0.2) is 24.4 Å². The van der Waals surface area contributed by atoms with E-state index in [0.717, 1.165) is 96.8 Å². The van der Waals surface area contributed by atoms with Crippen LogP contribution in [0.1, 0.15) is 55.8 Å². The van der Waals surface area contributed by atoms with Gasteiger partial charge >= 0.3 is 0 Å². The van der Waals surface area contributed by atoms with Gasteiger partial charge in [0.15, 0.2) is 6.23 Å². The van der Waals surface area contributed by atoms with Crippen LogP contribution < -0.4 is 14.8 Å². The van der Waals surface area contributed by atoms with Gasteiger partial charge in [0.2, 0.25) is 11.8 Å². The number of aryl methyl sites for hydroxylation is 2. The van der Waals surface area contributed by atoms with E-state index < -0.39 is 0 Å². The lowest BCUT2D eigenvalue weighted by molar-refractivity contribution is -0.0367. The SMILES string of the molecule is C[C@H]1CN(C)Cc2c(c(O[C@H]3CCNC3)nn2C)/C=C\c2nn(C3CCCCO3)c3ccc(cc23)-c2cnn(C)c2O1. The minimum absolute atomic E-state index is 0.0627. The molecule has 1 aromatic carbocycles. The highest BCUT2D eigenvalue weighted by Crippen LogP contribution is 2.36. The third-order valence-electron chi connectivity index (χ3n) is 8.53. The zero-order valence-electron chi connectivity index (χ0n) is 24.9. The van der Waals surface area contributed by atoms with Gasteiger partial charge in [-0.05, 0) is 76.0 Å². The molecule has 3 aliphatic heterocycles. The van der Waals surface area contributed by atoms with Crippen LogP contribution in [0.25, 0.3) is 34.2 Å². The number of fused-ring (bicyclic) bond motifs is 4. The van der Waals surface area contributed by atoms with Crippen LogP contribution in [0.5, 0.6) is 11.8 Å². The van der Waals surface area contributed by atoms with Crippen LogP contribution in [0.3, 0.4) is 0 Å². The van der Waals surface area contributed by atoms with Crippen molar-refractivity contribution in [3.05, 3.63) is 41.3 Å². The lowest BCUT2D eigenvalue weighted by Crippen LogP contribution is -2.32. The van der Waals surface area contributed by atoms with Crippen molar-refractivity contribution >= 4 is 23.1 Å². The van der Waals surface area contributed by atoms with Gasteiger partial charge in [-0.25, -0.2) is 9.36 Å². The van der Waals surface area contributed by atoms with Crippen LogP contribution in [0.4, 0.5) is 0 Å². The Balaban J connectivity index is 1.39. The number of nitrogens with zero attached hydrogens (tertiary/aromatic N) is 7. The molecule has 0 amide bonds. The second kappa shape index (κ2) is 11.2. The molecule has 2 fully saturated rings. The summed E-state index contributed by atoms with van der Waals surface area (Å²) in [7, 11) is 6.04. The van der Waals surface area contributed by atoms with Crippen molar-refractivity contribution in [2.75, 3.05) is 33.3 Å². The predicted molar refractivity (Wildman–Crippen MR) is 161 cm³/mol. The van der Waals surface area contributed by atoms with E-state index in [0.29, 0.717) is 12.4 Å². The largest absolute Gasteiger partial charge is 0.473 e. The van der Waals surface area contributed by atoms with E-state index >= 15 is 0 Å². The molecule has 2 saturated heterocycles. The summed E-state index contributed by atoms with van der Waals surface area (Å²) in [5.74, 6) is 1.42. The topological polar surface area (TPSA) is 96.4 Å². The summed E-state index contributed by atoms with van der Waals surface area (Å²) in [6.07, 6.45) is 10.2. The van der Waals surface area contributed by atoms with Crippen molar-refractivity contribution in [3.63, 3.8) is 0 Å². The first-order valence-corrected chi connectivity index (χ1v) is 15.1. The van der Waals surface area contributed by atoms with Crippen LogP contribution >= 0.6 is 0 Å². The summed E-state index contributed by atoms with van der Waals surface area (Å²) >= 11 is 0. The van der Waals surface area contributed by atoms with Crippen LogP contribution in [-0.4, -0.2) is 79.7 Å². The molecule has 11 nitrogen and oxygen atoms in total. The molecule has 4 aromatic rings. The average Bonchev–Trinajstić information content (AvgIpc) is 3.76. The van der Waals surface area contributed by atoms with Crippen LogP contribution in [0, 0.1) is 0 Å². The van der Waals surface area contributed by atoms with Crippen molar-refractivity contribution in [2.24, 2.45) is 14.1 Å². The van der Waals surface area contributed by atoms with Gasteiger partial charge in [0.05, 0.1) is 34.2 Å². The third kappa shape index (κ3) is 5.10. The van der Waals surface area contributed by atoms with Crippen molar-refractivity contribution in [2.45, 2.75) is 57.6 Å². The zero-order chi connectivity index (χ0) is 28.8. The molecule has 222 valence electrons. The smallest absolute Gasteiger partial charge is 0.240 e. The van der Waals surface area contributed by atoms with E-state index in [2.05, 4.69) is 64.3 Å². The first-order chi connectivity index (χ1) is 20.4. The number of ether oxygens (including phenoxy) is 3. The monoisotopic (exact) mass is 572 g/mol. The molecule has 1 N–H and O–H groups in total. The number of hydrogen-bond acceptors (Lipinski definition) is 8. The summed E-state index contributed by atoms with van der Waals surface area (Å²) < 4.78 is 25.0. The second-order valence-corrected chi connectivity index (χ2v) is 11.9. The molecule has 6 heterocycles. The highest BCUT2D eigenvalue weighted by Gasteiger charge is 2.26. The molecule has 3 aromatic heterocycles. The summed E-state index contributed by atoms with van der Waals surface area (Å²) in [5, 5.41) is 19.0. The predicted octanol–water partition coefficient (Wildman–Crippen LogP) is 3.99. The summed E-state index contributed by atoms with van der Waals surface area (Å²) in [6, 6.07) is 6.49. The fourth-order valence-electron chi connectivity index (χ4n) is 6.38. The number of hydrogen-bond donors (Lipinski definition) is 1. The fraction of sp³-hybridized carbons (Fsp3) is 0.516. The first-order valence-electron chi connectivity index (χ1n) is 15.1. The zero-order valence-corrected chi connectivity index (χ0v) is 24.9. The van der Waals surface area contributed by atoms with E-state index in [1.165, 1.54) is 0 Å². The minimum Gasteiger partial charge on any atom is -0.473 e. The Labute approximate surface area is 246 Å². The maximum Gasteiger partial charge on any atom is 0.240 e. The van der Waals surface area contributed by atoms with Crippen molar-refractivity contribution < 1.29 is 14.2 Å². The van der Waals surface area contributed by atoms with Gasteiger partial charge in [-0.2, -0.15) is 10.2 Å². The maximum atomic E-state index is 6.54. The molecular weight excluding hydrogens is 532 g/mol. The molecule has 2 bridgehead atoms. The number of nitrogens with one attached hydrogen (secondary N) is 1. The van der Waals surface area contributed by atoms with Crippen LogP contribution in [0.2, 0.25) is 0 Å². The van der Waals surface area contributed by atoms with Gasteiger partial charge in [0.25, 0.3) is 0 Å². The Morgan fingerprint density at radius 2 is 1.95 bits per heavy atom. The summed E-state index contributed by atoms with van der Waals surface area (Å²) in [5.41, 5.74) is 6.01. The molecule has 3 atom stereocenters. The van der Waals surface area contributed by atoms with E-state index in [1.54, 1.807) is 0 Å². The summed E-state index contributed by atoms with van der Waals surface area (Å²) in [6.45, 7) is 6.07. The molecule has 11 heteroatoms.